The second kappa shape index (κ2) is 7.40. The Kier molecular flexibility index (Phi) is 6.16. The highest BCUT2D eigenvalue weighted by Crippen LogP contribution is 2.17. The van der Waals surface area contributed by atoms with E-state index < -0.39 is 10.0 Å². The van der Waals surface area contributed by atoms with Gasteiger partial charge in [0.2, 0.25) is 15.9 Å². The lowest BCUT2D eigenvalue weighted by Gasteiger charge is -2.15. The summed E-state index contributed by atoms with van der Waals surface area (Å²) in [6.07, 6.45) is 3.46. The molecule has 1 unspecified atom stereocenters. The number of sulfonamides is 1. The first-order chi connectivity index (χ1) is 9.34. The number of hydrogen-bond donors (Lipinski definition) is 2. The molecule has 20 heavy (non-hydrogen) atoms. The van der Waals surface area contributed by atoms with E-state index in [0.717, 1.165) is 24.8 Å². The Bertz CT molecular complexity index is 555. The molecule has 0 fully saturated rings. The van der Waals surface area contributed by atoms with Gasteiger partial charge in [0.15, 0.2) is 0 Å². The lowest BCUT2D eigenvalue weighted by atomic mass is 10.1. The first kappa shape index (κ1) is 16.7. The van der Waals surface area contributed by atoms with Gasteiger partial charge < -0.3 is 5.32 Å². The molecule has 0 saturated heterocycles. The second-order valence-electron chi connectivity index (χ2n) is 4.86. The molecule has 0 spiro atoms. The van der Waals surface area contributed by atoms with Crippen molar-refractivity contribution in [1.82, 2.24) is 5.32 Å². The molecule has 0 heterocycles. The van der Waals surface area contributed by atoms with E-state index in [2.05, 4.69) is 12.2 Å². The third-order valence-electron chi connectivity index (χ3n) is 3.07. The van der Waals surface area contributed by atoms with Crippen LogP contribution in [-0.4, -0.2) is 14.3 Å². The van der Waals surface area contributed by atoms with Crippen LogP contribution in [-0.2, 0) is 14.8 Å². The van der Waals surface area contributed by atoms with Gasteiger partial charge in [-0.1, -0.05) is 31.9 Å². The number of carbonyl (C=O) groups is 1. The number of benzene rings is 1. The van der Waals surface area contributed by atoms with Crippen molar-refractivity contribution in [3.8, 4) is 0 Å². The van der Waals surface area contributed by atoms with E-state index in [9.17, 15) is 13.2 Å². The number of nitrogens with one attached hydrogen (secondary N) is 1. The van der Waals surface area contributed by atoms with Gasteiger partial charge in [-0.05, 0) is 31.0 Å². The molecular formula is C14H22N2O3S. The zero-order chi connectivity index (χ0) is 15.2. The molecule has 1 amide bonds. The minimum Gasteiger partial charge on any atom is -0.350 e. The van der Waals surface area contributed by atoms with Crippen LogP contribution in [0.15, 0.2) is 29.2 Å². The number of carbonyl (C=O) groups excluding carboxylic acids is 1. The molecule has 5 nitrogen and oxygen atoms in total. The first-order valence-corrected chi connectivity index (χ1v) is 8.31. The Morgan fingerprint density at radius 3 is 2.65 bits per heavy atom. The van der Waals surface area contributed by atoms with Gasteiger partial charge in [0.05, 0.1) is 10.9 Å². The summed E-state index contributed by atoms with van der Waals surface area (Å²) in [7, 11) is -3.72. The van der Waals surface area contributed by atoms with Crippen LogP contribution in [0.1, 0.15) is 51.1 Å². The molecule has 0 aliphatic heterocycles. The second-order valence-corrected chi connectivity index (χ2v) is 6.43. The summed E-state index contributed by atoms with van der Waals surface area (Å²) in [5, 5.41) is 7.95. The lowest BCUT2D eigenvalue weighted by molar-refractivity contribution is -0.121. The van der Waals surface area contributed by atoms with Crippen LogP contribution in [0.2, 0.25) is 0 Å². The average molecular weight is 298 g/mol. The largest absolute Gasteiger partial charge is 0.350 e. The predicted octanol–water partition coefficient (Wildman–Crippen LogP) is 2.09. The van der Waals surface area contributed by atoms with E-state index in [4.69, 9.17) is 5.14 Å². The van der Waals surface area contributed by atoms with Gasteiger partial charge in [0, 0.05) is 6.42 Å². The van der Waals surface area contributed by atoms with Gasteiger partial charge in [0.25, 0.3) is 0 Å². The minimum absolute atomic E-state index is 0.0213. The van der Waals surface area contributed by atoms with E-state index in [1.54, 1.807) is 12.1 Å². The zero-order valence-electron chi connectivity index (χ0n) is 11.9. The number of primary sulfonamides is 1. The molecule has 6 heteroatoms. The highest BCUT2D eigenvalue weighted by Gasteiger charge is 2.13. The molecule has 1 rings (SSSR count). The van der Waals surface area contributed by atoms with Gasteiger partial charge in [-0.15, -0.1) is 0 Å². The molecule has 1 aromatic carbocycles. The molecule has 1 atom stereocenters. The van der Waals surface area contributed by atoms with Gasteiger partial charge in [-0.2, -0.15) is 0 Å². The molecule has 0 aliphatic rings. The fraction of sp³-hybridized carbons (Fsp3) is 0.500. The number of unbranched alkanes of at least 4 members (excludes halogenated alkanes) is 2. The van der Waals surface area contributed by atoms with Crippen molar-refractivity contribution in [2.75, 3.05) is 0 Å². The Labute approximate surface area is 120 Å². The molecule has 3 N–H and O–H groups in total. The van der Waals surface area contributed by atoms with Crippen LogP contribution in [0.4, 0.5) is 0 Å². The third-order valence-corrected chi connectivity index (χ3v) is 3.98. The van der Waals surface area contributed by atoms with E-state index in [-0.39, 0.29) is 16.8 Å². The summed E-state index contributed by atoms with van der Waals surface area (Å²) in [6.45, 7) is 3.90. The quantitative estimate of drug-likeness (QED) is 0.755. The standard InChI is InChI=1S/C14H22N2O3S/c1-3-4-5-9-14(17)16-11(2)12-7-6-8-13(10-12)20(15,18)19/h6-8,10-11H,3-5,9H2,1-2H3,(H,16,17)(H2,15,18,19). The average Bonchev–Trinajstić information content (AvgIpc) is 2.38. The van der Waals surface area contributed by atoms with E-state index in [1.807, 2.05) is 6.92 Å². The summed E-state index contributed by atoms with van der Waals surface area (Å²) >= 11 is 0. The first-order valence-electron chi connectivity index (χ1n) is 6.76. The van der Waals surface area contributed by atoms with Crippen molar-refractivity contribution < 1.29 is 13.2 Å². The molecular weight excluding hydrogens is 276 g/mol. The molecule has 0 bridgehead atoms. The number of rotatable bonds is 7. The van der Waals surface area contributed by atoms with Crippen LogP contribution in [0.3, 0.4) is 0 Å². The molecule has 0 saturated carbocycles. The number of nitrogens with two attached hydrogens (primary N) is 1. The number of amides is 1. The van der Waals surface area contributed by atoms with Crippen molar-refractivity contribution in [2.45, 2.75) is 50.5 Å². The van der Waals surface area contributed by atoms with Crippen molar-refractivity contribution in [1.29, 1.82) is 0 Å². The van der Waals surface area contributed by atoms with Crippen LogP contribution < -0.4 is 10.5 Å². The van der Waals surface area contributed by atoms with Crippen LogP contribution >= 0.6 is 0 Å². The Morgan fingerprint density at radius 1 is 1.35 bits per heavy atom. The molecule has 1 aromatic rings. The summed E-state index contributed by atoms with van der Waals surface area (Å²) < 4.78 is 22.6. The smallest absolute Gasteiger partial charge is 0.238 e. The monoisotopic (exact) mass is 298 g/mol. The molecule has 0 aromatic heterocycles. The van der Waals surface area contributed by atoms with Crippen LogP contribution in [0, 0.1) is 0 Å². The van der Waals surface area contributed by atoms with Crippen LogP contribution in [0.25, 0.3) is 0 Å². The highest BCUT2D eigenvalue weighted by molar-refractivity contribution is 7.89. The minimum atomic E-state index is -3.72. The summed E-state index contributed by atoms with van der Waals surface area (Å²) in [5.41, 5.74) is 0.723. The summed E-state index contributed by atoms with van der Waals surface area (Å²) in [4.78, 5) is 11.8. The summed E-state index contributed by atoms with van der Waals surface area (Å²) in [5.74, 6) is -0.0213. The third kappa shape index (κ3) is 5.30. The highest BCUT2D eigenvalue weighted by atomic mass is 32.2. The normalized spacial score (nSPS) is 12.9. The van der Waals surface area contributed by atoms with Crippen LogP contribution in [0.5, 0.6) is 0 Å². The molecule has 0 aliphatic carbocycles. The molecule has 112 valence electrons. The Balaban J connectivity index is 2.68. The Morgan fingerprint density at radius 2 is 2.05 bits per heavy atom. The SMILES string of the molecule is CCCCCC(=O)NC(C)c1cccc(S(N)(=O)=O)c1. The topological polar surface area (TPSA) is 89.3 Å². The van der Waals surface area contributed by atoms with E-state index in [1.165, 1.54) is 12.1 Å². The van der Waals surface area contributed by atoms with E-state index in [0.29, 0.717) is 6.42 Å². The maximum atomic E-state index is 11.7. The van der Waals surface area contributed by atoms with Crippen molar-refractivity contribution in [2.24, 2.45) is 5.14 Å². The number of hydrogen-bond acceptors (Lipinski definition) is 3. The van der Waals surface area contributed by atoms with E-state index >= 15 is 0 Å². The summed E-state index contributed by atoms with van der Waals surface area (Å²) in [6, 6.07) is 6.08. The van der Waals surface area contributed by atoms with Gasteiger partial charge in [-0.25, -0.2) is 13.6 Å². The molecule has 0 radical (unpaired) electrons. The van der Waals surface area contributed by atoms with Gasteiger partial charge >= 0.3 is 0 Å². The fourth-order valence-electron chi connectivity index (χ4n) is 1.89. The van der Waals surface area contributed by atoms with Crippen molar-refractivity contribution in [3.63, 3.8) is 0 Å². The van der Waals surface area contributed by atoms with Crippen molar-refractivity contribution >= 4 is 15.9 Å². The van der Waals surface area contributed by atoms with Gasteiger partial charge in [-0.3, -0.25) is 4.79 Å². The maximum Gasteiger partial charge on any atom is 0.238 e. The Hall–Kier alpha value is -1.40. The predicted molar refractivity (Wildman–Crippen MR) is 78.5 cm³/mol. The fourth-order valence-corrected chi connectivity index (χ4v) is 2.46. The lowest BCUT2D eigenvalue weighted by Crippen LogP contribution is -2.26. The van der Waals surface area contributed by atoms with Gasteiger partial charge in [0.1, 0.15) is 0 Å². The maximum absolute atomic E-state index is 11.7. The van der Waals surface area contributed by atoms with Crippen molar-refractivity contribution in [3.05, 3.63) is 29.8 Å². The zero-order valence-corrected chi connectivity index (χ0v) is 12.7.